The van der Waals surface area contributed by atoms with Gasteiger partial charge in [-0.2, -0.15) is 0 Å². The van der Waals surface area contributed by atoms with Crippen LogP contribution >= 0.6 is 0 Å². The second kappa shape index (κ2) is 4.53. The molecule has 0 N–H and O–H groups in total. The molecule has 0 fully saturated rings. The second-order valence-electron chi connectivity index (χ2n) is 3.15. The number of ether oxygens (including phenoxy) is 1. The third-order valence-electron chi connectivity index (χ3n) is 2.18. The van der Waals surface area contributed by atoms with E-state index in [9.17, 15) is 4.79 Å². The molecule has 0 aliphatic heterocycles. The minimum atomic E-state index is 0.409. The first kappa shape index (κ1) is 10.3. The quantitative estimate of drug-likeness (QED) is 0.733. The van der Waals surface area contributed by atoms with Crippen molar-refractivity contribution in [2.45, 2.75) is 0 Å². The number of rotatable bonds is 3. The van der Waals surface area contributed by atoms with E-state index in [1.807, 2.05) is 18.2 Å². The molecule has 0 amide bonds. The van der Waals surface area contributed by atoms with E-state index in [1.54, 1.807) is 25.6 Å². The van der Waals surface area contributed by atoms with E-state index >= 15 is 0 Å². The van der Waals surface area contributed by atoms with Gasteiger partial charge in [-0.05, 0) is 18.2 Å². The molecule has 16 heavy (non-hydrogen) atoms. The molecular formula is C12H10N2O2. The number of aldehydes is 1. The minimum Gasteiger partial charge on any atom is -0.481 e. The Morgan fingerprint density at radius 2 is 2.12 bits per heavy atom. The number of hydrogen-bond donors (Lipinski definition) is 0. The molecule has 0 unspecified atom stereocenters. The molecule has 80 valence electrons. The summed E-state index contributed by atoms with van der Waals surface area (Å²) in [6, 6.07) is 7.19. The van der Waals surface area contributed by atoms with Gasteiger partial charge in [0.1, 0.15) is 5.69 Å². The standard InChI is InChI=1S/C12H10N2O2/c1-16-12-11(3-2-6-13-12)9-4-5-10(8-15)14-7-9/h2-8H,1H3. The first-order chi connectivity index (χ1) is 7.85. The van der Waals surface area contributed by atoms with Crippen LogP contribution in [0.3, 0.4) is 0 Å². The molecule has 0 aliphatic carbocycles. The summed E-state index contributed by atoms with van der Waals surface area (Å²) in [7, 11) is 1.57. The fourth-order valence-electron chi connectivity index (χ4n) is 1.41. The summed E-state index contributed by atoms with van der Waals surface area (Å²) in [5.74, 6) is 0.545. The number of methoxy groups -OCH3 is 1. The van der Waals surface area contributed by atoms with Crippen LogP contribution in [-0.4, -0.2) is 23.4 Å². The lowest BCUT2D eigenvalue weighted by molar-refractivity contribution is 0.111. The summed E-state index contributed by atoms with van der Waals surface area (Å²) in [6.07, 6.45) is 4.00. The van der Waals surface area contributed by atoms with E-state index in [4.69, 9.17) is 4.74 Å². The Labute approximate surface area is 92.9 Å². The van der Waals surface area contributed by atoms with Crippen LogP contribution in [0.4, 0.5) is 0 Å². The zero-order valence-corrected chi connectivity index (χ0v) is 8.75. The average molecular weight is 214 g/mol. The van der Waals surface area contributed by atoms with Crippen LogP contribution in [-0.2, 0) is 0 Å². The van der Waals surface area contributed by atoms with Crippen LogP contribution in [0.15, 0.2) is 36.7 Å². The van der Waals surface area contributed by atoms with Crippen LogP contribution < -0.4 is 4.74 Å². The van der Waals surface area contributed by atoms with Crippen molar-refractivity contribution in [1.29, 1.82) is 0 Å². The lowest BCUT2D eigenvalue weighted by atomic mass is 10.1. The van der Waals surface area contributed by atoms with Crippen molar-refractivity contribution in [2.24, 2.45) is 0 Å². The summed E-state index contributed by atoms with van der Waals surface area (Å²) in [4.78, 5) is 18.6. The van der Waals surface area contributed by atoms with Gasteiger partial charge in [0.15, 0.2) is 6.29 Å². The van der Waals surface area contributed by atoms with E-state index in [0.717, 1.165) is 11.1 Å². The lowest BCUT2D eigenvalue weighted by Gasteiger charge is -2.06. The van der Waals surface area contributed by atoms with Crippen molar-refractivity contribution >= 4 is 6.29 Å². The highest BCUT2D eigenvalue weighted by atomic mass is 16.5. The summed E-state index contributed by atoms with van der Waals surface area (Å²) < 4.78 is 5.15. The van der Waals surface area contributed by atoms with Crippen molar-refractivity contribution in [3.63, 3.8) is 0 Å². The molecule has 2 aromatic rings. The molecule has 0 aliphatic rings. The van der Waals surface area contributed by atoms with Crippen LogP contribution in [0.5, 0.6) is 5.88 Å². The number of hydrogen-bond acceptors (Lipinski definition) is 4. The van der Waals surface area contributed by atoms with Crippen LogP contribution in [0.25, 0.3) is 11.1 Å². The Morgan fingerprint density at radius 1 is 1.25 bits per heavy atom. The number of nitrogens with zero attached hydrogens (tertiary/aromatic N) is 2. The van der Waals surface area contributed by atoms with Crippen molar-refractivity contribution in [3.8, 4) is 17.0 Å². The highest BCUT2D eigenvalue weighted by molar-refractivity contribution is 5.74. The normalized spacial score (nSPS) is 9.81. The van der Waals surface area contributed by atoms with Crippen molar-refractivity contribution < 1.29 is 9.53 Å². The monoisotopic (exact) mass is 214 g/mol. The maximum Gasteiger partial charge on any atom is 0.221 e. The predicted octanol–water partition coefficient (Wildman–Crippen LogP) is 1.96. The van der Waals surface area contributed by atoms with E-state index in [1.165, 1.54) is 0 Å². The van der Waals surface area contributed by atoms with Crippen molar-refractivity contribution in [1.82, 2.24) is 9.97 Å². The Morgan fingerprint density at radius 3 is 2.75 bits per heavy atom. The van der Waals surface area contributed by atoms with Gasteiger partial charge in [0.05, 0.1) is 7.11 Å². The summed E-state index contributed by atoms with van der Waals surface area (Å²) >= 11 is 0. The third-order valence-corrected chi connectivity index (χ3v) is 2.18. The first-order valence-electron chi connectivity index (χ1n) is 4.76. The van der Waals surface area contributed by atoms with Gasteiger partial charge < -0.3 is 4.74 Å². The van der Waals surface area contributed by atoms with E-state index in [0.29, 0.717) is 17.9 Å². The molecule has 0 bridgehead atoms. The summed E-state index contributed by atoms with van der Waals surface area (Å²) in [5.41, 5.74) is 2.14. The summed E-state index contributed by atoms with van der Waals surface area (Å²) in [6.45, 7) is 0. The third kappa shape index (κ3) is 1.91. The minimum absolute atomic E-state index is 0.409. The maximum absolute atomic E-state index is 10.5. The molecule has 0 saturated heterocycles. The molecule has 2 rings (SSSR count). The molecule has 0 aromatic carbocycles. The largest absolute Gasteiger partial charge is 0.481 e. The highest BCUT2D eigenvalue weighted by Gasteiger charge is 2.06. The van der Waals surface area contributed by atoms with Gasteiger partial charge in [0.25, 0.3) is 0 Å². The van der Waals surface area contributed by atoms with Gasteiger partial charge >= 0.3 is 0 Å². The van der Waals surface area contributed by atoms with Crippen molar-refractivity contribution in [2.75, 3.05) is 7.11 Å². The Kier molecular flexibility index (Phi) is 2.91. The van der Waals surface area contributed by atoms with Gasteiger partial charge in [-0.3, -0.25) is 9.78 Å². The van der Waals surface area contributed by atoms with Gasteiger partial charge in [-0.1, -0.05) is 6.07 Å². The van der Waals surface area contributed by atoms with Gasteiger partial charge in [0.2, 0.25) is 5.88 Å². The molecule has 4 nitrogen and oxygen atoms in total. The van der Waals surface area contributed by atoms with Crippen molar-refractivity contribution in [3.05, 3.63) is 42.4 Å². The Bertz CT molecular complexity index is 495. The molecule has 0 saturated carbocycles. The summed E-state index contributed by atoms with van der Waals surface area (Å²) in [5, 5.41) is 0. The zero-order chi connectivity index (χ0) is 11.4. The van der Waals surface area contributed by atoms with Crippen LogP contribution in [0.1, 0.15) is 10.5 Å². The fraction of sp³-hybridized carbons (Fsp3) is 0.0833. The van der Waals surface area contributed by atoms with E-state index < -0.39 is 0 Å². The molecular weight excluding hydrogens is 204 g/mol. The maximum atomic E-state index is 10.5. The average Bonchev–Trinajstić information content (AvgIpc) is 2.39. The SMILES string of the molecule is COc1ncccc1-c1ccc(C=O)nc1. The van der Waals surface area contributed by atoms with Gasteiger partial charge in [0, 0.05) is 23.5 Å². The van der Waals surface area contributed by atoms with Gasteiger partial charge in [-0.15, -0.1) is 0 Å². The van der Waals surface area contributed by atoms with E-state index in [2.05, 4.69) is 9.97 Å². The van der Waals surface area contributed by atoms with Crippen LogP contribution in [0.2, 0.25) is 0 Å². The number of aromatic nitrogens is 2. The second-order valence-corrected chi connectivity index (χ2v) is 3.15. The molecule has 0 spiro atoms. The van der Waals surface area contributed by atoms with E-state index in [-0.39, 0.29) is 0 Å². The topological polar surface area (TPSA) is 52.1 Å². The first-order valence-corrected chi connectivity index (χ1v) is 4.76. The van der Waals surface area contributed by atoms with Gasteiger partial charge in [-0.25, -0.2) is 4.98 Å². The highest BCUT2D eigenvalue weighted by Crippen LogP contribution is 2.26. The Balaban J connectivity index is 2.45. The molecule has 0 atom stereocenters. The Hall–Kier alpha value is -2.23. The number of carbonyl (C=O) groups excluding carboxylic acids is 1. The smallest absolute Gasteiger partial charge is 0.221 e. The predicted molar refractivity (Wildman–Crippen MR) is 59.4 cm³/mol. The number of carbonyl (C=O) groups is 1. The molecule has 0 radical (unpaired) electrons. The fourth-order valence-corrected chi connectivity index (χ4v) is 1.41. The molecule has 2 heterocycles. The lowest BCUT2D eigenvalue weighted by Crippen LogP contribution is -1.92. The van der Waals surface area contributed by atoms with Crippen LogP contribution in [0, 0.1) is 0 Å². The zero-order valence-electron chi connectivity index (χ0n) is 8.75. The molecule has 2 aromatic heterocycles. The molecule has 4 heteroatoms. The number of pyridine rings is 2.